The van der Waals surface area contributed by atoms with Crippen LogP contribution in [0.3, 0.4) is 0 Å². The van der Waals surface area contributed by atoms with E-state index in [1.54, 1.807) is 0 Å². The Morgan fingerprint density at radius 3 is 2.72 bits per heavy atom. The van der Waals surface area contributed by atoms with Gasteiger partial charge in [-0.05, 0) is 31.2 Å². The van der Waals surface area contributed by atoms with Crippen molar-refractivity contribution >= 4 is 0 Å². The fraction of sp³-hybridized carbons (Fsp3) is 0.500. The molecule has 0 unspecified atom stereocenters. The van der Waals surface area contributed by atoms with Crippen LogP contribution in [-0.2, 0) is 11.3 Å². The predicted octanol–water partition coefficient (Wildman–Crippen LogP) is 3.70. The van der Waals surface area contributed by atoms with E-state index in [4.69, 9.17) is 4.74 Å². The molecule has 0 aliphatic carbocycles. The highest BCUT2D eigenvalue weighted by molar-refractivity contribution is 5.13. The van der Waals surface area contributed by atoms with Crippen molar-refractivity contribution in [3.63, 3.8) is 0 Å². The van der Waals surface area contributed by atoms with Gasteiger partial charge in [-0.25, -0.2) is 0 Å². The van der Waals surface area contributed by atoms with Gasteiger partial charge < -0.3 is 9.84 Å². The fourth-order valence-corrected chi connectivity index (χ4v) is 1.73. The Labute approximate surface area is 110 Å². The van der Waals surface area contributed by atoms with Crippen molar-refractivity contribution in [2.45, 2.75) is 45.3 Å². The first-order valence-corrected chi connectivity index (χ1v) is 6.77. The van der Waals surface area contributed by atoms with E-state index in [9.17, 15) is 5.11 Å². The summed E-state index contributed by atoms with van der Waals surface area (Å²) in [7, 11) is 0. The van der Waals surface area contributed by atoms with Crippen LogP contribution in [0.15, 0.2) is 42.5 Å². The van der Waals surface area contributed by atoms with Crippen LogP contribution < -0.4 is 0 Å². The highest BCUT2D eigenvalue weighted by Crippen LogP contribution is 2.05. The van der Waals surface area contributed by atoms with E-state index >= 15 is 0 Å². The van der Waals surface area contributed by atoms with Gasteiger partial charge in [-0.2, -0.15) is 0 Å². The lowest BCUT2D eigenvalue weighted by Gasteiger charge is -2.10. The van der Waals surface area contributed by atoms with E-state index in [1.165, 1.54) is 0 Å². The fourth-order valence-electron chi connectivity index (χ4n) is 1.73. The number of rotatable bonds is 9. The third-order valence-electron chi connectivity index (χ3n) is 2.73. The Kier molecular flexibility index (Phi) is 8.19. The molecule has 0 saturated carbocycles. The second kappa shape index (κ2) is 9.86. The molecule has 0 aliphatic rings. The summed E-state index contributed by atoms with van der Waals surface area (Å²) >= 11 is 0. The van der Waals surface area contributed by atoms with Crippen LogP contribution in [-0.4, -0.2) is 17.8 Å². The SMILES string of the molecule is CC/C=C\CCC[C@H](O)COCc1ccccc1. The summed E-state index contributed by atoms with van der Waals surface area (Å²) < 4.78 is 5.49. The van der Waals surface area contributed by atoms with E-state index in [2.05, 4.69) is 19.1 Å². The molecule has 1 aromatic rings. The van der Waals surface area contributed by atoms with Crippen LogP contribution in [0.5, 0.6) is 0 Å². The van der Waals surface area contributed by atoms with Crippen molar-refractivity contribution in [3.05, 3.63) is 48.0 Å². The van der Waals surface area contributed by atoms with Gasteiger partial charge in [-0.1, -0.05) is 49.4 Å². The second-order valence-electron chi connectivity index (χ2n) is 4.47. The molecule has 0 radical (unpaired) electrons. The van der Waals surface area contributed by atoms with Crippen LogP contribution >= 0.6 is 0 Å². The minimum atomic E-state index is -0.344. The molecule has 0 aliphatic heterocycles. The molecule has 0 fully saturated rings. The number of aliphatic hydroxyl groups excluding tert-OH is 1. The van der Waals surface area contributed by atoms with Gasteiger partial charge in [0.25, 0.3) is 0 Å². The Morgan fingerprint density at radius 1 is 1.22 bits per heavy atom. The summed E-state index contributed by atoms with van der Waals surface area (Å²) in [4.78, 5) is 0. The van der Waals surface area contributed by atoms with Crippen molar-refractivity contribution < 1.29 is 9.84 Å². The van der Waals surface area contributed by atoms with Crippen LogP contribution in [0.1, 0.15) is 38.2 Å². The molecule has 1 N–H and O–H groups in total. The number of hydrogen-bond acceptors (Lipinski definition) is 2. The zero-order chi connectivity index (χ0) is 13.1. The zero-order valence-corrected chi connectivity index (χ0v) is 11.2. The molecule has 1 rings (SSSR count). The molecule has 0 saturated heterocycles. The standard InChI is InChI=1S/C16H24O2/c1-2-3-4-5-9-12-16(17)14-18-13-15-10-7-6-8-11-15/h3-4,6-8,10-11,16-17H,2,5,9,12-14H2,1H3/b4-3-/t16-/m0/s1. The molecule has 0 amide bonds. The van der Waals surface area contributed by atoms with Crippen LogP contribution in [0, 0.1) is 0 Å². The molecule has 1 aromatic carbocycles. The smallest absolute Gasteiger partial charge is 0.0774 e. The number of aliphatic hydroxyl groups is 1. The van der Waals surface area contributed by atoms with Crippen LogP contribution in [0.4, 0.5) is 0 Å². The van der Waals surface area contributed by atoms with Crippen LogP contribution in [0.25, 0.3) is 0 Å². The van der Waals surface area contributed by atoms with Gasteiger partial charge in [0, 0.05) is 0 Å². The van der Waals surface area contributed by atoms with Gasteiger partial charge in [-0.3, -0.25) is 0 Å². The molecular formula is C16H24O2. The van der Waals surface area contributed by atoms with Crippen LogP contribution in [0.2, 0.25) is 0 Å². The van der Waals surface area contributed by atoms with Gasteiger partial charge in [-0.15, -0.1) is 0 Å². The van der Waals surface area contributed by atoms with Gasteiger partial charge in [0.05, 0.1) is 19.3 Å². The summed E-state index contributed by atoms with van der Waals surface area (Å²) in [6.07, 6.45) is 7.96. The van der Waals surface area contributed by atoms with Gasteiger partial charge in [0.1, 0.15) is 0 Å². The largest absolute Gasteiger partial charge is 0.391 e. The van der Waals surface area contributed by atoms with Crippen molar-refractivity contribution in [1.82, 2.24) is 0 Å². The predicted molar refractivity (Wildman–Crippen MR) is 75.4 cm³/mol. The first kappa shape index (κ1) is 14.9. The molecule has 2 heteroatoms. The second-order valence-corrected chi connectivity index (χ2v) is 4.47. The molecular weight excluding hydrogens is 224 g/mol. The zero-order valence-electron chi connectivity index (χ0n) is 11.2. The first-order chi connectivity index (χ1) is 8.83. The van der Waals surface area contributed by atoms with Gasteiger partial charge in [0.15, 0.2) is 0 Å². The maximum absolute atomic E-state index is 9.73. The van der Waals surface area contributed by atoms with Crippen molar-refractivity contribution in [2.75, 3.05) is 6.61 Å². The number of hydrogen-bond donors (Lipinski definition) is 1. The van der Waals surface area contributed by atoms with E-state index in [0.717, 1.165) is 31.2 Å². The Morgan fingerprint density at radius 2 is 2.00 bits per heavy atom. The Hall–Kier alpha value is -1.12. The third kappa shape index (κ3) is 7.25. The molecule has 2 nitrogen and oxygen atoms in total. The topological polar surface area (TPSA) is 29.5 Å². The van der Waals surface area contributed by atoms with Gasteiger partial charge >= 0.3 is 0 Å². The van der Waals surface area contributed by atoms with Crippen molar-refractivity contribution in [2.24, 2.45) is 0 Å². The maximum Gasteiger partial charge on any atom is 0.0774 e. The minimum absolute atomic E-state index is 0.344. The lowest BCUT2D eigenvalue weighted by atomic mass is 10.1. The number of ether oxygens (including phenoxy) is 1. The van der Waals surface area contributed by atoms with Gasteiger partial charge in [0.2, 0.25) is 0 Å². The monoisotopic (exact) mass is 248 g/mol. The summed E-state index contributed by atoms with van der Waals surface area (Å²) in [5.41, 5.74) is 1.15. The highest BCUT2D eigenvalue weighted by Gasteiger charge is 2.03. The number of benzene rings is 1. The maximum atomic E-state index is 9.73. The molecule has 1 atom stereocenters. The Balaban J connectivity index is 2.03. The Bertz CT molecular complexity index is 319. The first-order valence-electron chi connectivity index (χ1n) is 6.77. The van der Waals surface area contributed by atoms with Crippen molar-refractivity contribution in [1.29, 1.82) is 0 Å². The highest BCUT2D eigenvalue weighted by atomic mass is 16.5. The quantitative estimate of drug-likeness (QED) is 0.533. The molecule has 0 spiro atoms. The lowest BCUT2D eigenvalue weighted by molar-refractivity contribution is 0.0238. The molecule has 18 heavy (non-hydrogen) atoms. The number of unbranched alkanes of at least 4 members (excludes halogenated alkanes) is 1. The normalized spacial score (nSPS) is 13.0. The summed E-state index contributed by atoms with van der Waals surface area (Å²) in [6, 6.07) is 10.0. The third-order valence-corrected chi connectivity index (χ3v) is 2.73. The van der Waals surface area contributed by atoms with E-state index in [-0.39, 0.29) is 6.10 Å². The summed E-state index contributed by atoms with van der Waals surface area (Å²) in [5.74, 6) is 0. The van der Waals surface area contributed by atoms with E-state index < -0.39 is 0 Å². The molecule has 0 bridgehead atoms. The average molecular weight is 248 g/mol. The average Bonchev–Trinajstić information content (AvgIpc) is 2.40. The number of allylic oxidation sites excluding steroid dienone is 2. The molecule has 0 heterocycles. The molecule has 100 valence electrons. The van der Waals surface area contributed by atoms with E-state index in [0.29, 0.717) is 13.2 Å². The molecule has 0 aromatic heterocycles. The van der Waals surface area contributed by atoms with Crippen molar-refractivity contribution in [3.8, 4) is 0 Å². The summed E-state index contributed by atoms with van der Waals surface area (Å²) in [6.45, 7) is 3.13. The van der Waals surface area contributed by atoms with E-state index in [1.807, 2.05) is 30.3 Å². The minimum Gasteiger partial charge on any atom is -0.391 e. The lowest BCUT2D eigenvalue weighted by Crippen LogP contribution is -2.14. The summed E-state index contributed by atoms with van der Waals surface area (Å²) in [5, 5.41) is 9.73.